The summed E-state index contributed by atoms with van der Waals surface area (Å²) in [6.07, 6.45) is 2.41. The minimum absolute atomic E-state index is 0.140. The quantitative estimate of drug-likeness (QED) is 0.296. The maximum absolute atomic E-state index is 13.8. The molecule has 35 heavy (non-hydrogen) atoms. The first kappa shape index (κ1) is 23.1. The van der Waals surface area contributed by atoms with Crippen molar-refractivity contribution in [2.75, 3.05) is 13.7 Å². The number of hydrogen-bond donors (Lipinski definition) is 1. The molecule has 0 aliphatic carbocycles. The number of hydrogen-bond acceptors (Lipinski definition) is 3. The number of nitrogens with zero attached hydrogens (tertiary/aromatic N) is 1. The second-order valence-electron chi connectivity index (χ2n) is 8.45. The molecule has 0 saturated carbocycles. The fraction of sp³-hybridized carbons (Fsp3) is 0.143. The Balaban J connectivity index is 1.49. The lowest BCUT2D eigenvalue weighted by atomic mass is 10.1. The van der Waals surface area contributed by atoms with Gasteiger partial charge in [0.1, 0.15) is 11.6 Å². The maximum atomic E-state index is 13.8. The van der Waals surface area contributed by atoms with E-state index in [1.807, 2.05) is 54.7 Å². The largest absolute Gasteiger partial charge is 0.497 e. The molecule has 0 unspecified atom stereocenters. The fourth-order valence-electron chi connectivity index (χ4n) is 4.29. The molecule has 5 nitrogen and oxygen atoms in total. The second-order valence-corrected chi connectivity index (χ2v) is 10.4. The van der Waals surface area contributed by atoms with Crippen LogP contribution in [0.1, 0.15) is 11.1 Å². The number of methoxy groups -OCH3 is 1. The van der Waals surface area contributed by atoms with Crippen LogP contribution in [0.25, 0.3) is 21.7 Å². The molecule has 4 aromatic carbocycles. The molecule has 0 aliphatic rings. The van der Waals surface area contributed by atoms with Gasteiger partial charge in [-0.3, -0.25) is 0 Å². The Morgan fingerprint density at radius 1 is 0.914 bits per heavy atom. The molecule has 1 N–H and O–H groups in total. The topological polar surface area (TPSA) is 62.4 Å². The van der Waals surface area contributed by atoms with Crippen molar-refractivity contribution < 1.29 is 17.5 Å². The predicted molar refractivity (Wildman–Crippen MR) is 136 cm³/mol. The highest BCUT2D eigenvalue weighted by molar-refractivity contribution is 7.89. The van der Waals surface area contributed by atoms with E-state index in [-0.39, 0.29) is 23.8 Å². The number of sulfonamides is 1. The number of aromatic nitrogens is 1. The van der Waals surface area contributed by atoms with E-state index in [1.165, 1.54) is 16.4 Å². The number of halogens is 1. The normalized spacial score (nSPS) is 12.0. The highest BCUT2D eigenvalue weighted by atomic mass is 32.2. The molecule has 178 valence electrons. The molecule has 0 amide bonds. The first-order valence-electron chi connectivity index (χ1n) is 11.3. The number of H-pyrrole nitrogens is 1. The zero-order chi connectivity index (χ0) is 24.4. The van der Waals surface area contributed by atoms with E-state index in [4.69, 9.17) is 4.74 Å². The summed E-state index contributed by atoms with van der Waals surface area (Å²) in [6, 6.07) is 24.6. The third-order valence-electron chi connectivity index (χ3n) is 6.24. The van der Waals surface area contributed by atoms with Crippen molar-refractivity contribution >= 4 is 31.7 Å². The van der Waals surface area contributed by atoms with Gasteiger partial charge in [0.2, 0.25) is 10.0 Å². The smallest absolute Gasteiger partial charge is 0.243 e. The van der Waals surface area contributed by atoms with Crippen molar-refractivity contribution in [3.05, 3.63) is 108 Å². The standard InChI is InChI=1S/C28H25FN2O3S/c1-34-25-11-13-28-27(17-25)23(18-30-28)14-15-31(19-20-6-9-24(29)10-7-20)35(32,33)26-12-8-21-4-2-3-5-22(21)16-26/h2-13,16-18,30H,14-15,19H2,1H3. The van der Waals surface area contributed by atoms with Gasteiger partial charge in [0.15, 0.2) is 0 Å². The molecule has 0 atom stereocenters. The lowest BCUT2D eigenvalue weighted by Crippen LogP contribution is -2.32. The molecule has 0 spiro atoms. The van der Waals surface area contributed by atoms with Crippen LogP contribution in [0.2, 0.25) is 0 Å². The Kier molecular flexibility index (Phi) is 6.28. The maximum Gasteiger partial charge on any atom is 0.243 e. The van der Waals surface area contributed by atoms with Gasteiger partial charge in [0.25, 0.3) is 0 Å². The number of rotatable bonds is 8. The van der Waals surface area contributed by atoms with Gasteiger partial charge in [-0.25, -0.2) is 12.8 Å². The molecule has 0 radical (unpaired) electrons. The number of nitrogens with one attached hydrogen (secondary N) is 1. The summed E-state index contributed by atoms with van der Waals surface area (Å²) in [4.78, 5) is 3.48. The highest BCUT2D eigenvalue weighted by Crippen LogP contribution is 2.27. The molecule has 5 rings (SSSR count). The van der Waals surface area contributed by atoms with E-state index in [9.17, 15) is 12.8 Å². The molecule has 0 fully saturated rings. The van der Waals surface area contributed by atoms with Gasteiger partial charge >= 0.3 is 0 Å². The van der Waals surface area contributed by atoms with Gasteiger partial charge in [-0.2, -0.15) is 4.31 Å². The first-order valence-corrected chi connectivity index (χ1v) is 12.8. The van der Waals surface area contributed by atoms with Crippen LogP contribution in [-0.2, 0) is 23.0 Å². The van der Waals surface area contributed by atoms with Crippen molar-refractivity contribution in [1.82, 2.24) is 9.29 Å². The molecule has 0 aliphatic heterocycles. The zero-order valence-corrected chi connectivity index (χ0v) is 20.1. The van der Waals surface area contributed by atoms with Crippen LogP contribution in [0, 0.1) is 5.82 Å². The van der Waals surface area contributed by atoms with Crippen molar-refractivity contribution in [3.63, 3.8) is 0 Å². The van der Waals surface area contributed by atoms with Crippen molar-refractivity contribution in [2.24, 2.45) is 0 Å². The molecule has 1 aromatic heterocycles. The monoisotopic (exact) mass is 488 g/mol. The zero-order valence-electron chi connectivity index (χ0n) is 19.2. The van der Waals surface area contributed by atoms with E-state index in [2.05, 4.69) is 4.98 Å². The highest BCUT2D eigenvalue weighted by Gasteiger charge is 2.25. The Hall–Kier alpha value is -3.68. The summed E-state index contributed by atoms with van der Waals surface area (Å²) in [5.41, 5.74) is 2.68. The van der Waals surface area contributed by atoms with Crippen molar-refractivity contribution in [1.29, 1.82) is 0 Å². The van der Waals surface area contributed by atoms with E-state index in [0.717, 1.165) is 38.6 Å². The van der Waals surface area contributed by atoms with Crippen LogP contribution < -0.4 is 4.74 Å². The summed E-state index contributed by atoms with van der Waals surface area (Å²) in [7, 11) is -2.20. The summed E-state index contributed by atoms with van der Waals surface area (Å²) in [6.45, 7) is 0.401. The molecule has 0 bridgehead atoms. The summed E-state index contributed by atoms with van der Waals surface area (Å²) >= 11 is 0. The molecular formula is C28H25FN2O3S. The second kappa shape index (κ2) is 9.52. The summed E-state index contributed by atoms with van der Waals surface area (Å²) < 4.78 is 47.9. The fourth-order valence-corrected chi connectivity index (χ4v) is 5.76. The third-order valence-corrected chi connectivity index (χ3v) is 8.08. The first-order chi connectivity index (χ1) is 16.9. The SMILES string of the molecule is COc1ccc2[nH]cc(CCN(Cc3ccc(F)cc3)S(=O)(=O)c3ccc4ccccc4c3)c2c1. The van der Waals surface area contributed by atoms with E-state index in [0.29, 0.717) is 6.42 Å². The molecule has 1 heterocycles. The van der Waals surface area contributed by atoms with Gasteiger partial charge < -0.3 is 9.72 Å². The Morgan fingerprint density at radius 3 is 2.46 bits per heavy atom. The van der Waals surface area contributed by atoms with E-state index >= 15 is 0 Å². The number of fused-ring (bicyclic) bond motifs is 2. The van der Waals surface area contributed by atoms with Crippen LogP contribution in [0.3, 0.4) is 0 Å². The molecule has 0 saturated heterocycles. The lowest BCUT2D eigenvalue weighted by molar-refractivity contribution is 0.409. The Labute approximate surface area is 203 Å². The van der Waals surface area contributed by atoms with Gasteiger partial charge in [0.05, 0.1) is 12.0 Å². The van der Waals surface area contributed by atoms with Crippen molar-refractivity contribution in [2.45, 2.75) is 17.9 Å². The Morgan fingerprint density at radius 2 is 1.69 bits per heavy atom. The molecule has 7 heteroatoms. The van der Waals surface area contributed by atoms with Gasteiger partial charge in [-0.15, -0.1) is 0 Å². The summed E-state index contributed by atoms with van der Waals surface area (Å²) in [5, 5.41) is 2.83. The lowest BCUT2D eigenvalue weighted by Gasteiger charge is -2.23. The van der Waals surface area contributed by atoms with Crippen LogP contribution in [-0.4, -0.2) is 31.4 Å². The number of ether oxygens (including phenoxy) is 1. The van der Waals surface area contributed by atoms with Crippen LogP contribution in [0.15, 0.2) is 96.0 Å². The average molecular weight is 489 g/mol. The van der Waals surface area contributed by atoms with Crippen molar-refractivity contribution in [3.8, 4) is 5.75 Å². The van der Waals surface area contributed by atoms with Gasteiger partial charge in [-0.1, -0.05) is 42.5 Å². The molecular weight excluding hydrogens is 463 g/mol. The van der Waals surface area contributed by atoms with E-state index in [1.54, 1.807) is 31.4 Å². The number of benzene rings is 4. The number of aromatic amines is 1. The molecule has 5 aromatic rings. The predicted octanol–water partition coefficient (Wildman–Crippen LogP) is 5.90. The van der Waals surface area contributed by atoms with Crippen LogP contribution in [0.4, 0.5) is 4.39 Å². The van der Waals surface area contributed by atoms with Gasteiger partial charge in [0, 0.05) is 30.2 Å². The van der Waals surface area contributed by atoms with E-state index < -0.39 is 10.0 Å². The third kappa shape index (κ3) is 4.78. The Bertz CT molecular complexity index is 1590. The van der Waals surface area contributed by atoms with Crippen LogP contribution in [0.5, 0.6) is 5.75 Å². The average Bonchev–Trinajstić information content (AvgIpc) is 3.29. The summed E-state index contributed by atoms with van der Waals surface area (Å²) in [5.74, 6) is 0.385. The van der Waals surface area contributed by atoms with Crippen LogP contribution >= 0.6 is 0 Å². The minimum atomic E-state index is -3.82. The minimum Gasteiger partial charge on any atom is -0.497 e. The van der Waals surface area contributed by atoms with Gasteiger partial charge in [-0.05, 0) is 70.8 Å².